The minimum atomic E-state index is -0.532. The third kappa shape index (κ3) is 2.45. The highest BCUT2D eigenvalue weighted by Gasteiger charge is 2.32. The Labute approximate surface area is 143 Å². The van der Waals surface area contributed by atoms with E-state index in [0.717, 1.165) is 36.2 Å². The Balaban J connectivity index is 1.65. The van der Waals surface area contributed by atoms with Crippen LogP contribution in [0.1, 0.15) is 27.9 Å². The molecule has 2 amide bonds. The van der Waals surface area contributed by atoms with Crippen molar-refractivity contribution in [2.45, 2.75) is 19.3 Å². The molecule has 0 radical (unpaired) electrons. The summed E-state index contributed by atoms with van der Waals surface area (Å²) in [4.78, 5) is 26.4. The van der Waals surface area contributed by atoms with E-state index in [9.17, 15) is 14.0 Å². The van der Waals surface area contributed by atoms with Crippen molar-refractivity contribution >= 4 is 34.8 Å². The first-order valence-electron chi connectivity index (χ1n) is 7.75. The molecular formula is C18H14ClFN2O2. The average Bonchev–Trinajstić information content (AvgIpc) is 2.89. The predicted molar refractivity (Wildman–Crippen MR) is 90.2 cm³/mol. The minimum Gasteiger partial charge on any atom is -0.322 e. The van der Waals surface area contributed by atoms with E-state index in [0.29, 0.717) is 17.7 Å². The van der Waals surface area contributed by atoms with Gasteiger partial charge in [-0.15, -0.1) is 0 Å². The van der Waals surface area contributed by atoms with Crippen LogP contribution in [0.25, 0.3) is 0 Å². The van der Waals surface area contributed by atoms with E-state index in [1.807, 2.05) is 11.0 Å². The van der Waals surface area contributed by atoms with Gasteiger partial charge in [-0.05, 0) is 54.3 Å². The van der Waals surface area contributed by atoms with Crippen LogP contribution in [0.3, 0.4) is 0 Å². The maximum Gasteiger partial charge on any atom is 0.255 e. The number of amides is 2. The number of carbonyl (C=O) groups is 2. The van der Waals surface area contributed by atoms with E-state index in [1.54, 1.807) is 6.07 Å². The molecule has 4 rings (SSSR count). The number of anilines is 2. The number of rotatable bonds is 2. The van der Waals surface area contributed by atoms with E-state index in [1.165, 1.54) is 18.2 Å². The molecule has 2 aliphatic heterocycles. The fourth-order valence-electron chi connectivity index (χ4n) is 3.39. The molecule has 0 unspecified atom stereocenters. The summed E-state index contributed by atoms with van der Waals surface area (Å²) in [6, 6.07) is 7.65. The Morgan fingerprint density at radius 3 is 2.79 bits per heavy atom. The summed E-state index contributed by atoms with van der Waals surface area (Å²) in [6.07, 6.45) is 2.10. The highest BCUT2D eigenvalue weighted by molar-refractivity contribution is 6.31. The molecular weight excluding hydrogens is 331 g/mol. The minimum absolute atomic E-state index is 0.0434. The van der Waals surface area contributed by atoms with E-state index in [-0.39, 0.29) is 16.8 Å². The van der Waals surface area contributed by atoms with E-state index < -0.39 is 5.82 Å². The summed E-state index contributed by atoms with van der Waals surface area (Å²) >= 11 is 5.74. The lowest BCUT2D eigenvalue weighted by molar-refractivity contribution is -0.117. The number of nitrogens with zero attached hydrogens (tertiary/aromatic N) is 1. The topological polar surface area (TPSA) is 49.4 Å². The summed E-state index contributed by atoms with van der Waals surface area (Å²) < 4.78 is 13.2. The number of hydrogen-bond donors (Lipinski definition) is 1. The molecule has 6 heteroatoms. The summed E-state index contributed by atoms with van der Waals surface area (Å²) in [5, 5.41) is 2.68. The lowest BCUT2D eigenvalue weighted by Gasteiger charge is -2.25. The van der Waals surface area contributed by atoms with E-state index in [4.69, 9.17) is 11.6 Å². The smallest absolute Gasteiger partial charge is 0.255 e. The van der Waals surface area contributed by atoms with Crippen LogP contribution in [0.5, 0.6) is 0 Å². The van der Waals surface area contributed by atoms with Crippen LogP contribution >= 0.6 is 11.6 Å². The second-order valence-corrected chi connectivity index (χ2v) is 6.46. The molecule has 2 heterocycles. The highest BCUT2D eigenvalue weighted by Crippen LogP contribution is 2.37. The van der Waals surface area contributed by atoms with Crippen molar-refractivity contribution < 1.29 is 14.0 Å². The molecule has 0 bridgehead atoms. The number of nitrogens with one attached hydrogen (secondary N) is 1. The molecule has 0 spiro atoms. The highest BCUT2D eigenvalue weighted by atomic mass is 35.5. The molecule has 2 aliphatic rings. The van der Waals surface area contributed by atoms with Gasteiger partial charge in [0.05, 0.1) is 17.1 Å². The lowest BCUT2D eigenvalue weighted by Crippen LogP contribution is -2.31. The van der Waals surface area contributed by atoms with Crippen molar-refractivity contribution in [3.63, 3.8) is 0 Å². The molecule has 0 saturated carbocycles. The third-order valence-electron chi connectivity index (χ3n) is 4.45. The van der Waals surface area contributed by atoms with Crippen LogP contribution in [0.4, 0.5) is 15.8 Å². The zero-order valence-corrected chi connectivity index (χ0v) is 13.5. The van der Waals surface area contributed by atoms with Gasteiger partial charge in [-0.25, -0.2) is 4.39 Å². The first-order valence-corrected chi connectivity index (χ1v) is 8.13. The Hall–Kier alpha value is -2.40. The fraction of sp³-hybridized carbons (Fsp3) is 0.222. The number of halogens is 2. The van der Waals surface area contributed by atoms with Crippen LogP contribution in [0, 0.1) is 5.82 Å². The largest absolute Gasteiger partial charge is 0.322 e. The zero-order valence-electron chi connectivity index (χ0n) is 12.7. The maximum atomic E-state index is 13.2. The lowest BCUT2D eigenvalue weighted by atomic mass is 9.96. The Morgan fingerprint density at radius 2 is 2.00 bits per heavy atom. The third-order valence-corrected chi connectivity index (χ3v) is 4.74. The van der Waals surface area contributed by atoms with Gasteiger partial charge < -0.3 is 10.2 Å². The van der Waals surface area contributed by atoms with E-state index in [2.05, 4.69) is 5.32 Å². The van der Waals surface area contributed by atoms with Gasteiger partial charge >= 0.3 is 0 Å². The first-order chi connectivity index (χ1) is 11.5. The molecule has 0 aromatic heterocycles. The molecule has 0 fully saturated rings. The van der Waals surface area contributed by atoms with Gasteiger partial charge in [0.15, 0.2) is 0 Å². The molecule has 0 aliphatic carbocycles. The van der Waals surface area contributed by atoms with Crippen LogP contribution in [0.2, 0.25) is 5.02 Å². The SMILES string of the molecule is O=C(Nc1ccc(F)c(Cl)c1)c1cc2c3c(c1)CC(=O)N3CCC2. The molecule has 2 aromatic rings. The standard InChI is InChI=1S/C18H14ClFN2O2/c19-14-9-13(3-4-15(14)20)21-18(24)12-6-10-2-1-5-22-16(23)8-11(7-12)17(10)22/h3-4,6-7,9H,1-2,5,8H2,(H,21,24). The van der Waals surface area contributed by atoms with Crippen molar-refractivity contribution in [2.75, 3.05) is 16.8 Å². The molecule has 122 valence electrons. The monoisotopic (exact) mass is 344 g/mol. The van der Waals surface area contributed by atoms with Gasteiger partial charge in [0, 0.05) is 17.8 Å². The first kappa shape index (κ1) is 15.1. The number of benzene rings is 2. The summed E-state index contributed by atoms with van der Waals surface area (Å²) in [6.45, 7) is 0.748. The Morgan fingerprint density at radius 1 is 1.21 bits per heavy atom. The van der Waals surface area contributed by atoms with Crippen molar-refractivity contribution in [3.8, 4) is 0 Å². The molecule has 24 heavy (non-hydrogen) atoms. The van der Waals surface area contributed by atoms with Gasteiger partial charge in [-0.2, -0.15) is 0 Å². The maximum absolute atomic E-state index is 13.2. The van der Waals surface area contributed by atoms with Crippen molar-refractivity contribution in [1.29, 1.82) is 0 Å². The van der Waals surface area contributed by atoms with Gasteiger partial charge in [0.25, 0.3) is 5.91 Å². The van der Waals surface area contributed by atoms with Gasteiger partial charge in [0.1, 0.15) is 5.82 Å². The van der Waals surface area contributed by atoms with Gasteiger partial charge in [-0.3, -0.25) is 9.59 Å². The number of aryl methyl sites for hydroxylation is 1. The second-order valence-electron chi connectivity index (χ2n) is 6.05. The van der Waals surface area contributed by atoms with Crippen LogP contribution in [-0.2, 0) is 17.6 Å². The van der Waals surface area contributed by atoms with Crippen LogP contribution in [-0.4, -0.2) is 18.4 Å². The normalized spacial score (nSPS) is 15.4. The van der Waals surface area contributed by atoms with Crippen molar-refractivity contribution in [1.82, 2.24) is 0 Å². The zero-order chi connectivity index (χ0) is 16.8. The molecule has 1 N–H and O–H groups in total. The second kappa shape index (κ2) is 5.60. The molecule has 0 saturated heterocycles. The quantitative estimate of drug-likeness (QED) is 0.905. The van der Waals surface area contributed by atoms with Gasteiger partial charge in [0.2, 0.25) is 5.91 Å². The summed E-state index contributed by atoms with van der Waals surface area (Å²) in [5.74, 6) is -0.739. The van der Waals surface area contributed by atoms with Crippen molar-refractivity contribution in [3.05, 3.63) is 57.9 Å². The van der Waals surface area contributed by atoms with Crippen molar-refractivity contribution in [2.24, 2.45) is 0 Å². The molecule has 2 aromatic carbocycles. The Bertz CT molecular complexity index is 882. The van der Waals surface area contributed by atoms with E-state index >= 15 is 0 Å². The molecule has 0 atom stereocenters. The van der Waals surface area contributed by atoms with Crippen LogP contribution in [0.15, 0.2) is 30.3 Å². The molecule has 4 nitrogen and oxygen atoms in total. The summed E-state index contributed by atoms with van der Waals surface area (Å²) in [7, 11) is 0. The predicted octanol–water partition coefficient (Wildman–Crippen LogP) is 3.57. The average molecular weight is 345 g/mol. The Kier molecular flexibility index (Phi) is 3.53. The fourth-order valence-corrected chi connectivity index (χ4v) is 3.57. The van der Waals surface area contributed by atoms with Crippen LogP contribution < -0.4 is 10.2 Å². The van der Waals surface area contributed by atoms with Gasteiger partial charge in [-0.1, -0.05) is 11.6 Å². The number of carbonyl (C=O) groups excluding carboxylic acids is 2. The number of hydrogen-bond acceptors (Lipinski definition) is 2. The summed E-state index contributed by atoms with van der Waals surface area (Å²) in [5.41, 5.74) is 3.85.